The zero-order valence-electron chi connectivity index (χ0n) is 11.3. The van der Waals surface area contributed by atoms with Gasteiger partial charge in [0.2, 0.25) is 5.95 Å². The van der Waals surface area contributed by atoms with E-state index in [1.54, 1.807) is 0 Å². The van der Waals surface area contributed by atoms with E-state index in [0.717, 1.165) is 17.5 Å². The fourth-order valence-corrected chi connectivity index (χ4v) is 2.83. The Bertz CT molecular complexity index is 734. The Morgan fingerprint density at radius 1 is 1.20 bits per heavy atom. The Labute approximate surface area is 123 Å². The van der Waals surface area contributed by atoms with E-state index in [-0.39, 0.29) is 6.04 Å². The summed E-state index contributed by atoms with van der Waals surface area (Å²) in [6.45, 7) is 2.15. The van der Waals surface area contributed by atoms with E-state index in [9.17, 15) is 0 Å². The molecular formula is C16H16ClN3. The minimum Gasteiger partial charge on any atom is -0.369 e. The summed E-state index contributed by atoms with van der Waals surface area (Å²) in [5, 5.41) is 0.676. The lowest BCUT2D eigenvalue weighted by atomic mass is 10.0. The lowest BCUT2D eigenvalue weighted by molar-refractivity contribution is 0.589. The van der Waals surface area contributed by atoms with E-state index in [1.165, 1.54) is 5.56 Å². The monoisotopic (exact) mass is 285 g/mol. The van der Waals surface area contributed by atoms with E-state index in [0.29, 0.717) is 11.0 Å². The molecule has 102 valence electrons. The van der Waals surface area contributed by atoms with Gasteiger partial charge in [0.15, 0.2) is 0 Å². The number of aromatic nitrogens is 2. The normalized spacial score (nSPS) is 12.7. The van der Waals surface area contributed by atoms with E-state index < -0.39 is 0 Å². The van der Waals surface area contributed by atoms with E-state index >= 15 is 0 Å². The summed E-state index contributed by atoms with van der Waals surface area (Å²) in [7, 11) is 0. The third-order valence-corrected chi connectivity index (χ3v) is 3.80. The summed E-state index contributed by atoms with van der Waals surface area (Å²) in [4.78, 5) is 4.42. The van der Waals surface area contributed by atoms with Crippen LogP contribution in [0, 0.1) is 0 Å². The highest BCUT2D eigenvalue weighted by Crippen LogP contribution is 2.30. The van der Waals surface area contributed by atoms with Gasteiger partial charge in [0.1, 0.15) is 0 Å². The molecule has 0 aliphatic carbocycles. The summed E-state index contributed by atoms with van der Waals surface area (Å²) in [5.41, 5.74) is 9.21. The first kappa shape index (κ1) is 13.0. The van der Waals surface area contributed by atoms with Crippen molar-refractivity contribution >= 4 is 28.6 Å². The van der Waals surface area contributed by atoms with Crippen LogP contribution in [0.4, 0.5) is 5.95 Å². The van der Waals surface area contributed by atoms with Crippen LogP contribution in [0.25, 0.3) is 11.0 Å². The molecule has 0 fully saturated rings. The zero-order valence-corrected chi connectivity index (χ0v) is 12.0. The Kier molecular flexibility index (Phi) is 3.36. The minimum absolute atomic E-state index is 0.183. The van der Waals surface area contributed by atoms with Crippen LogP contribution in [0.3, 0.4) is 0 Å². The molecule has 2 aromatic carbocycles. The van der Waals surface area contributed by atoms with Crippen molar-refractivity contribution in [3.63, 3.8) is 0 Å². The second-order valence-electron chi connectivity index (χ2n) is 4.81. The second-order valence-corrected chi connectivity index (χ2v) is 5.24. The molecule has 0 aliphatic rings. The van der Waals surface area contributed by atoms with Crippen molar-refractivity contribution in [3.8, 4) is 0 Å². The summed E-state index contributed by atoms with van der Waals surface area (Å²) in [6, 6.07) is 16.2. The molecule has 1 aromatic heterocycles. The molecular weight excluding hydrogens is 270 g/mol. The summed E-state index contributed by atoms with van der Waals surface area (Å²) >= 11 is 6.02. The van der Waals surface area contributed by atoms with E-state index in [4.69, 9.17) is 17.3 Å². The van der Waals surface area contributed by atoms with Gasteiger partial charge in [-0.25, -0.2) is 4.98 Å². The molecule has 0 saturated heterocycles. The third-order valence-electron chi connectivity index (χ3n) is 3.56. The van der Waals surface area contributed by atoms with Gasteiger partial charge in [0, 0.05) is 5.02 Å². The molecule has 0 spiro atoms. The number of nitrogen functional groups attached to an aromatic ring is 1. The van der Waals surface area contributed by atoms with Gasteiger partial charge >= 0.3 is 0 Å². The van der Waals surface area contributed by atoms with Gasteiger partial charge in [0.05, 0.1) is 17.1 Å². The van der Waals surface area contributed by atoms with Crippen molar-refractivity contribution in [3.05, 3.63) is 59.1 Å². The number of nitrogens with two attached hydrogens (primary N) is 1. The first-order valence-electron chi connectivity index (χ1n) is 6.68. The van der Waals surface area contributed by atoms with Crippen molar-refractivity contribution in [2.75, 3.05) is 5.73 Å². The fourth-order valence-electron chi connectivity index (χ4n) is 2.66. The van der Waals surface area contributed by atoms with Gasteiger partial charge < -0.3 is 10.3 Å². The van der Waals surface area contributed by atoms with Gasteiger partial charge in [-0.3, -0.25) is 0 Å². The standard InChI is InChI=1S/C16H16ClN3/c1-2-14(11-6-4-3-5-7-11)20-15-9-8-12(17)10-13(15)19-16(20)18/h3-10,14H,2H2,1H3,(H2,18,19). The molecule has 3 rings (SSSR count). The van der Waals surface area contributed by atoms with Crippen LogP contribution in [-0.2, 0) is 0 Å². The molecule has 3 aromatic rings. The van der Waals surface area contributed by atoms with Crippen LogP contribution in [0.15, 0.2) is 48.5 Å². The maximum absolute atomic E-state index is 6.13. The van der Waals surface area contributed by atoms with Crippen LogP contribution in [0.2, 0.25) is 5.02 Å². The molecule has 3 nitrogen and oxygen atoms in total. The highest BCUT2D eigenvalue weighted by molar-refractivity contribution is 6.31. The van der Waals surface area contributed by atoms with Crippen molar-refractivity contribution in [1.29, 1.82) is 0 Å². The summed E-state index contributed by atoms with van der Waals surface area (Å²) in [5.74, 6) is 0.526. The second kappa shape index (κ2) is 5.17. The first-order chi connectivity index (χ1) is 9.70. The number of fused-ring (bicyclic) bond motifs is 1. The van der Waals surface area contributed by atoms with Gasteiger partial charge in [-0.2, -0.15) is 0 Å². The highest BCUT2D eigenvalue weighted by Gasteiger charge is 2.18. The maximum atomic E-state index is 6.13. The third kappa shape index (κ3) is 2.14. The van der Waals surface area contributed by atoms with Crippen molar-refractivity contribution in [2.45, 2.75) is 19.4 Å². The number of rotatable bonds is 3. The van der Waals surface area contributed by atoms with Gasteiger partial charge in [-0.05, 0) is 30.2 Å². The molecule has 0 aliphatic heterocycles. The topological polar surface area (TPSA) is 43.8 Å². The molecule has 4 heteroatoms. The number of imidazole rings is 1. The molecule has 1 heterocycles. The van der Waals surface area contributed by atoms with E-state index in [2.05, 4.69) is 28.6 Å². The van der Waals surface area contributed by atoms with Crippen LogP contribution in [0.5, 0.6) is 0 Å². The maximum Gasteiger partial charge on any atom is 0.201 e. The number of hydrogen-bond donors (Lipinski definition) is 1. The number of anilines is 1. The average molecular weight is 286 g/mol. The van der Waals surface area contributed by atoms with Crippen LogP contribution in [0.1, 0.15) is 24.9 Å². The van der Waals surface area contributed by atoms with Crippen LogP contribution in [-0.4, -0.2) is 9.55 Å². The van der Waals surface area contributed by atoms with Gasteiger partial charge in [0.25, 0.3) is 0 Å². The summed E-state index contributed by atoms with van der Waals surface area (Å²) < 4.78 is 2.08. The number of hydrogen-bond acceptors (Lipinski definition) is 2. The lowest BCUT2D eigenvalue weighted by Crippen LogP contribution is -2.12. The highest BCUT2D eigenvalue weighted by atomic mass is 35.5. The smallest absolute Gasteiger partial charge is 0.201 e. The van der Waals surface area contributed by atoms with Crippen LogP contribution >= 0.6 is 11.6 Å². The molecule has 0 radical (unpaired) electrons. The number of benzene rings is 2. The Morgan fingerprint density at radius 3 is 2.65 bits per heavy atom. The first-order valence-corrected chi connectivity index (χ1v) is 7.06. The van der Waals surface area contributed by atoms with Gasteiger partial charge in [-0.1, -0.05) is 48.9 Å². The van der Waals surface area contributed by atoms with Crippen molar-refractivity contribution in [2.24, 2.45) is 0 Å². The van der Waals surface area contributed by atoms with Crippen molar-refractivity contribution < 1.29 is 0 Å². The number of halogens is 1. The Hall–Kier alpha value is -2.00. The Balaban J connectivity index is 2.19. The van der Waals surface area contributed by atoms with E-state index in [1.807, 2.05) is 36.4 Å². The minimum atomic E-state index is 0.183. The molecule has 1 unspecified atom stereocenters. The molecule has 20 heavy (non-hydrogen) atoms. The Morgan fingerprint density at radius 2 is 1.95 bits per heavy atom. The largest absolute Gasteiger partial charge is 0.369 e. The van der Waals surface area contributed by atoms with Gasteiger partial charge in [-0.15, -0.1) is 0 Å². The molecule has 0 saturated carbocycles. The lowest BCUT2D eigenvalue weighted by Gasteiger charge is -2.19. The quantitative estimate of drug-likeness (QED) is 0.781. The predicted octanol–water partition coefficient (Wildman–Crippen LogP) is 4.27. The zero-order chi connectivity index (χ0) is 14.1. The van der Waals surface area contributed by atoms with Crippen molar-refractivity contribution in [1.82, 2.24) is 9.55 Å². The molecule has 0 bridgehead atoms. The number of nitrogens with zero attached hydrogens (tertiary/aromatic N) is 2. The summed E-state index contributed by atoms with van der Waals surface area (Å²) in [6.07, 6.45) is 0.947. The molecule has 1 atom stereocenters. The predicted molar refractivity (Wildman–Crippen MR) is 84.0 cm³/mol. The van der Waals surface area contributed by atoms with Crippen LogP contribution < -0.4 is 5.73 Å². The average Bonchev–Trinajstić information content (AvgIpc) is 2.77. The fraction of sp³-hybridized carbons (Fsp3) is 0.188. The molecule has 0 amide bonds. The SMILES string of the molecule is CCC(c1ccccc1)n1c(N)nc2cc(Cl)ccc21. The molecule has 2 N–H and O–H groups in total.